The predicted molar refractivity (Wildman–Crippen MR) is 124 cm³/mol. The van der Waals surface area contributed by atoms with Gasteiger partial charge >= 0.3 is 0 Å². The van der Waals surface area contributed by atoms with Gasteiger partial charge in [0.05, 0.1) is 0 Å². The Kier molecular flexibility index (Phi) is 3.95. The fourth-order valence-corrected chi connectivity index (χ4v) is 4.38. The van der Waals surface area contributed by atoms with Crippen molar-refractivity contribution in [2.75, 3.05) is 11.1 Å². The van der Waals surface area contributed by atoms with E-state index in [0.29, 0.717) is 0 Å². The molecule has 0 unspecified atom stereocenters. The molecular weight excluding hydrogens is 352 g/mol. The molecule has 142 valence electrons. The van der Waals surface area contributed by atoms with Crippen molar-refractivity contribution in [1.82, 2.24) is 0 Å². The molecule has 4 aromatic rings. The third-order valence-corrected chi connectivity index (χ3v) is 5.98. The Morgan fingerprint density at radius 2 is 1.21 bits per heavy atom. The van der Waals surface area contributed by atoms with Crippen LogP contribution in [0.2, 0.25) is 0 Å². The average molecular weight is 377 g/mol. The maximum atomic E-state index is 6.06. The molecule has 0 saturated carbocycles. The Morgan fingerprint density at radius 3 is 1.93 bits per heavy atom. The SMILES string of the molecule is CC1(C)c2cc(N)ccc2-c2ccc(Nc3ccc(-c4ccccc4)cc3)cc21. The van der Waals surface area contributed by atoms with E-state index in [0.717, 1.165) is 17.1 Å². The average Bonchev–Trinajstić information content (AvgIpc) is 2.96. The lowest BCUT2D eigenvalue weighted by atomic mass is 9.82. The monoisotopic (exact) mass is 376 g/mol. The van der Waals surface area contributed by atoms with Gasteiger partial charge < -0.3 is 11.1 Å². The van der Waals surface area contributed by atoms with Crippen LogP contribution < -0.4 is 11.1 Å². The fourth-order valence-electron chi connectivity index (χ4n) is 4.38. The van der Waals surface area contributed by atoms with E-state index in [9.17, 15) is 0 Å². The maximum absolute atomic E-state index is 6.06. The molecule has 29 heavy (non-hydrogen) atoms. The van der Waals surface area contributed by atoms with Crippen molar-refractivity contribution in [2.45, 2.75) is 19.3 Å². The van der Waals surface area contributed by atoms with Crippen molar-refractivity contribution in [2.24, 2.45) is 0 Å². The lowest BCUT2D eigenvalue weighted by Gasteiger charge is -2.22. The Hall–Kier alpha value is -3.52. The van der Waals surface area contributed by atoms with E-state index < -0.39 is 0 Å². The molecule has 5 rings (SSSR count). The van der Waals surface area contributed by atoms with Crippen LogP contribution in [0.4, 0.5) is 17.1 Å². The summed E-state index contributed by atoms with van der Waals surface area (Å²) in [6.07, 6.45) is 0. The topological polar surface area (TPSA) is 38.0 Å². The summed E-state index contributed by atoms with van der Waals surface area (Å²) in [5, 5.41) is 3.56. The zero-order valence-electron chi connectivity index (χ0n) is 16.7. The van der Waals surface area contributed by atoms with Gasteiger partial charge in [-0.2, -0.15) is 0 Å². The van der Waals surface area contributed by atoms with E-state index in [1.54, 1.807) is 0 Å². The van der Waals surface area contributed by atoms with Gasteiger partial charge in [-0.3, -0.25) is 0 Å². The number of hydrogen-bond donors (Lipinski definition) is 2. The maximum Gasteiger partial charge on any atom is 0.0387 e. The molecule has 0 heterocycles. The number of anilines is 3. The minimum atomic E-state index is -0.0606. The quantitative estimate of drug-likeness (QED) is 0.378. The number of nitrogens with two attached hydrogens (primary N) is 1. The van der Waals surface area contributed by atoms with Crippen LogP contribution >= 0.6 is 0 Å². The van der Waals surface area contributed by atoms with Crippen molar-refractivity contribution in [3.63, 3.8) is 0 Å². The van der Waals surface area contributed by atoms with Gasteiger partial charge in [0.2, 0.25) is 0 Å². The van der Waals surface area contributed by atoms with Gasteiger partial charge in [0.1, 0.15) is 0 Å². The molecule has 0 radical (unpaired) electrons. The molecule has 0 amide bonds. The lowest BCUT2D eigenvalue weighted by Crippen LogP contribution is -2.15. The van der Waals surface area contributed by atoms with Crippen LogP contribution in [0.15, 0.2) is 91.0 Å². The molecule has 1 aliphatic rings. The molecular formula is C27H24N2. The van der Waals surface area contributed by atoms with E-state index in [1.165, 1.54) is 33.4 Å². The normalized spacial score (nSPS) is 13.6. The second-order valence-electron chi connectivity index (χ2n) is 8.26. The zero-order valence-corrected chi connectivity index (χ0v) is 16.7. The third kappa shape index (κ3) is 2.98. The summed E-state index contributed by atoms with van der Waals surface area (Å²) in [6, 6.07) is 31.9. The van der Waals surface area contributed by atoms with Crippen LogP contribution in [0.3, 0.4) is 0 Å². The van der Waals surface area contributed by atoms with Crippen LogP contribution in [0, 0.1) is 0 Å². The molecule has 0 bridgehead atoms. The van der Waals surface area contributed by atoms with Crippen molar-refractivity contribution in [1.29, 1.82) is 0 Å². The summed E-state index contributed by atoms with van der Waals surface area (Å²) in [5.41, 5.74) is 16.7. The molecule has 1 aliphatic carbocycles. The molecule has 2 heteroatoms. The molecule has 0 aliphatic heterocycles. The minimum absolute atomic E-state index is 0.0606. The minimum Gasteiger partial charge on any atom is -0.399 e. The number of nitrogen functional groups attached to an aromatic ring is 1. The standard InChI is InChI=1S/C27H24N2/c1-27(2)25-16-20(28)10-14-23(25)24-15-13-22(17-26(24)27)29-21-11-8-19(9-12-21)18-6-4-3-5-7-18/h3-17,29H,28H2,1-2H3. The number of fused-ring (bicyclic) bond motifs is 3. The zero-order chi connectivity index (χ0) is 20.0. The first-order valence-corrected chi connectivity index (χ1v) is 10.00. The van der Waals surface area contributed by atoms with E-state index in [4.69, 9.17) is 5.73 Å². The molecule has 2 nitrogen and oxygen atoms in total. The molecule has 0 fully saturated rings. The third-order valence-electron chi connectivity index (χ3n) is 5.98. The smallest absolute Gasteiger partial charge is 0.0387 e. The number of hydrogen-bond acceptors (Lipinski definition) is 2. The molecule has 0 atom stereocenters. The highest BCUT2D eigenvalue weighted by Gasteiger charge is 2.35. The van der Waals surface area contributed by atoms with Gasteiger partial charge in [-0.25, -0.2) is 0 Å². The molecule has 0 spiro atoms. The van der Waals surface area contributed by atoms with E-state index >= 15 is 0 Å². The van der Waals surface area contributed by atoms with Gasteiger partial charge in [0, 0.05) is 22.5 Å². The molecule has 4 aromatic carbocycles. The Labute approximate surface area is 172 Å². The first-order chi connectivity index (χ1) is 14.0. The summed E-state index contributed by atoms with van der Waals surface area (Å²) < 4.78 is 0. The lowest BCUT2D eigenvalue weighted by molar-refractivity contribution is 0.661. The largest absolute Gasteiger partial charge is 0.399 e. The van der Waals surface area contributed by atoms with Crippen LogP contribution in [0.5, 0.6) is 0 Å². The van der Waals surface area contributed by atoms with Crippen molar-refractivity contribution < 1.29 is 0 Å². The highest BCUT2D eigenvalue weighted by molar-refractivity contribution is 5.84. The van der Waals surface area contributed by atoms with Gasteiger partial charge in [-0.05, 0) is 69.8 Å². The van der Waals surface area contributed by atoms with Gasteiger partial charge in [-0.15, -0.1) is 0 Å². The summed E-state index contributed by atoms with van der Waals surface area (Å²) in [4.78, 5) is 0. The Bertz CT molecular complexity index is 1190. The first-order valence-electron chi connectivity index (χ1n) is 10.00. The molecule has 3 N–H and O–H groups in total. The van der Waals surface area contributed by atoms with Crippen LogP contribution in [-0.4, -0.2) is 0 Å². The van der Waals surface area contributed by atoms with E-state index in [1.807, 2.05) is 12.1 Å². The summed E-state index contributed by atoms with van der Waals surface area (Å²) >= 11 is 0. The summed E-state index contributed by atoms with van der Waals surface area (Å²) in [7, 11) is 0. The molecule has 0 saturated heterocycles. The van der Waals surface area contributed by atoms with Crippen molar-refractivity contribution >= 4 is 17.1 Å². The van der Waals surface area contributed by atoms with Crippen LogP contribution in [0.1, 0.15) is 25.0 Å². The van der Waals surface area contributed by atoms with E-state index in [-0.39, 0.29) is 5.41 Å². The number of rotatable bonds is 3. The van der Waals surface area contributed by atoms with Crippen molar-refractivity contribution in [3.8, 4) is 22.3 Å². The van der Waals surface area contributed by atoms with Crippen molar-refractivity contribution in [3.05, 3.63) is 102 Å². The number of nitrogens with one attached hydrogen (secondary N) is 1. The van der Waals surface area contributed by atoms with Crippen LogP contribution in [-0.2, 0) is 5.41 Å². The van der Waals surface area contributed by atoms with E-state index in [2.05, 4.69) is 98.0 Å². The second-order valence-corrected chi connectivity index (χ2v) is 8.26. The van der Waals surface area contributed by atoms with Gasteiger partial charge in [0.15, 0.2) is 0 Å². The highest BCUT2D eigenvalue weighted by atomic mass is 14.9. The van der Waals surface area contributed by atoms with Gasteiger partial charge in [0.25, 0.3) is 0 Å². The number of benzene rings is 4. The highest BCUT2D eigenvalue weighted by Crippen LogP contribution is 2.50. The summed E-state index contributed by atoms with van der Waals surface area (Å²) in [5.74, 6) is 0. The summed E-state index contributed by atoms with van der Waals surface area (Å²) in [6.45, 7) is 4.55. The van der Waals surface area contributed by atoms with Crippen LogP contribution in [0.25, 0.3) is 22.3 Å². The Morgan fingerprint density at radius 1 is 0.621 bits per heavy atom. The fraction of sp³-hybridized carbons (Fsp3) is 0.111. The molecule has 0 aromatic heterocycles. The first kappa shape index (κ1) is 17.6. The second kappa shape index (κ2) is 6.52. The predicted octanol–water partition coefficient (Wildman–Crippen LogP) is 6.99. The Balaban J connectivity index is 1.45. The van der Waals surface area contributed by atoms with Gasteiger partial charge in [-0.1, -0.05) is 68.4 Å².